The number of hydrogen-bond donors (Lipinski definition) is 0. The minimum atomic E-state index is -0.571. The summed E-state index contributed by atoms with van der Waals surface area (Å²) in [5.74, 6) is 0.545. The normalized spacial score (nSPS) is 19.4. The van der Waals surface area contributed by atoms with E-state index < -0.39 is 6.04 Å². The zero-order valence-corrected chi connectivity index (χ0v) is 11.0. The number of anilines is 1. The summed E-state index contributed by atoms with van der Waals surface area (Å²) >= 11 is 0. The van der Waals surface area contributed by atoms with Crippen molar-refractivity contribution in [1.82, 2.24) is 0 Å². The number of hydrogen-bond acceptors (Lipinski definition) is 4. The fraction of sp³-hybridized carbons (Fsp3) is 0.429. The van der Waals surface area contributed by atoms with Gasteiger partial charge < -0.3 is 9.47 Å². The van der Waals surface area contributed by atoms with E-state index in [2.05, 4.69) is 6.07 Å². The molecule has 1 aromatic rings. The molecule has 1 heterocycles. The molecular weight excluding hydrogens is 244 g/mol. The lowest BCUT2D eigenvalue weighted by Gasteiger charge is -2.31. The Labute approximate surface area is 112 Å². The van der Waals surface area contributed by atoms with Crippen LogP contribution < -0.4 is 9.64 Å². The summed E-state index contributed by atoms with van der Waals surface area (Å²) in [6.07, 6.45) is 0.0997. The van der Waals surface area contributed by atoms with Crippen molar-refractivity contribution in [3.8, 4) is 11.8 Å². The van der Waals surface area contributed by atoms with Crippen LogP contribution in [0.1, 0.15) is 13.8 Å². The number of carbonyl (C=O) groups is 1. The number of carbonyl (C=O) groups excluding carboxylic acids is 1. The smallest absolute Gasteiger partial charge is 0.254 e. The van der Waals surface area contributed by atoms with E-state index in [4.69, 9.17) is 14.7 Å². The second-order valence-corrected chi connectivity index (χ2v) is 4.58. The van der Waals surface area contributed by atoms with E-state index in [-0.39, 0.29) is 25.2 Å². The van der Waals surface area contributed by atoms with Gasteiger partial charge in [0.2, 0.25) is 0 Å². The molecule has 1 atom stereocenters. The molecule has 0 N–H and O–H groups in total. The van der Waals surface area contributed by atoms with Crippen molar-refractivity contribution >= 4 is 11.6 Å². The summed E-state index contributed by atoms with van der Waals surface area (Å²) in [7, 11) is 0. The van der Waals surface area contributed by atoms with Crippen LogP contribution in [0.2, 0.25) is 0 Å². The van der Waals surface area contributed by atoms with Crippen LogP contribution in [0.4, 0.5) is 5.69 Å². The van der Waals surface area contributed by atoms with Crippen molar-refractivity contribution in [3.63, 3.8) is 0 Å². The molecule has 1 amide bonds. The van der Waals surface area contributed by atoms with Crippen molar-refractivity contribution in [2.45, 2.75) is 26.0 Å². The highest BCUT2D eigenvalue weighted by Crippen LogP contribution is 2.23. The summed E-state index contributed by atoms with van der Waals surface area (Å²) in [5.41, 5.74) is 0.691. The number of ether oxygens (including phenoxy) is 2. The molecule has 100 valence electrons. The van der Waals surface area contributed by atoms with Crippen LogP contribution in [-0.2, 0) is 9.53 Å². The molecule has 0 bridgehead atoms. The number of rotatable bonds is 3. The first kappa shape index (κ1) is 13.4. The Morgan fingerprint density at radius 3 is 2.68 bits per heavy atom. The maximum atomic E-state index is 11.8. The lowest BCUT2D eigenvalue weighted by molar-refractivity contribution is -0.126. The Hall–Kier alpha value is -2.06. The molecule has 0 saturated carbocycles. The van der Waals surface area contributed by atoms with Crippen molar-refractivity contribution in [2.24, 2.45) is 0 Å². The van der Waals surface area contributed by atoms with Crippen LogP contribution >= 0.6 is 0 Å². The van der Waals surface area contributed by atoms with Gasteiger partial charge in [0, 0.05) is 5.69 Å². The molecule has 1 aliphatic rings. The number of nitriles is 1. The summed E-state index contributed by atoms with van der Waals surface area (Å²) in [6, 6.07) is 8.67. The molecule has 1 fully saturated rings. The van der Waals surface area contributed by atoms with Gasteiger partial charge in [0.1, 0.15) is 18.4 Å². The van der Waals surface area contributed by atoms with E-state index in [9.17, 15) is 4.79 Å². The minimum absolute atomic E-state index is 0.0163. The summed E-state index contributed by atoms with van der Waals surface area (Å²) in [5, 5.41) is 9.07. The second-order valence-electron chi connectivity index (χ2n) is 4.58. The van der Waals surface area contributed by atoms with Crippen molar-refractivity contribution in [2.75, 3.05) is 18.1 Å². The molecule has 1 unspecified atom stereocenters. The topological polar surface area (TPSA) is 62.6 Å². The van der Waals surface area contributed by atoms with E-state index in [1.807, 2.05) is 13.8 Å². The fourth-order valence-corrected chi connectivity index (χ4v) is 1.95. The second kappa shape index (κ2) is 5.72. The van der Waals surface area contributed by atoms with Gasteiger partial charge >= 0.3 is 0 Å². The third kappa shape index (κ3) is 3.04. The van der Waals surface area contributed by atoms with Crippen LogP contribution in [0.15, 0.2) is 24.3 Å². The van der Waals surface area contributed by atoms with Gasteiger partial charge in [0.25, 0.3) is 5.91 Å². The standard InChI is InChI=1S/C14H16N2O3/c1-10(2)19-13-5-3-11(4-6-13)16-12(7-15)8-18-9-14(16)17/h3-6,10,12H,8-9H2,1-2H3. The first-order valence-corrected chi connectivity index (χ1v) is 6.18. The lowest BCUT2D eigenvalue weighted by atomic mass is 10.2. The van der Waals surface area contributed by atoms with E-state index in [1.165, 1.54) is 4.90 Å². The Bertz CT molecular complexity index is 490. The number of nitrogens with zero attached hydrogens (tertiary/aromatic N) is 2. The van der Waals surface area contributed by atoms with Gasteiger partial charge in [-0.1, -0.05) is 0 Å². The first-order chi connectivity index (χ1) is 9.11. The molecule has 5 nitrogen and oxygen atoms in total. The van der Waals surface area contributed by atoms with Gasteiger partial charge in [-0.3, -0.25) is 9.69 Å². The summed E-state index contributed by atoms with van der Waals surface area (Å²) < 4.78 is 10.6. The van der Waals surface area contributed by atoms with Crippen LogP contribution in [0.5, 0.6) is 5.75 Å². The third-order valence-corrected chi connectivity index (χ3v) is 2.72. The first-order valence-electron chi connectivity index (χ1n) is 6.18. The van der Waals surface area contributed by atoms with Crippen molar-refractivity contribution < 1.29 is 14.3 Å². The summed E-state index contributed by atoms with van der Waals surface area (Å²) in [4.78, 5) is 13.3. The fourth-order valence-electron chi connectivity index (χ4n) is 1.95. The lowest BCUT2D eigenvalue weighted by Crippen LogP contribution is -2.49. The van der Waals surface area contributed by atoms with Gasteiger partial charge in [-0.15, -0.1) is 0 Å². The van der Waals surface area contributed by atoms with Crippen LogP contribution in [0.25, 0.3) is 0 Å². The van der Waals surface area contributed by atoms with Crippen LogP contribution in [-0.4, -0.2) is 31.3 Å². The Morgan fingerprint density at radius 1 is 1.42 bits per heavy atom. The van der Waals surface area contributed by atoms with Gasteiger partial charge in [-0.05, 0) is 38.1 Å². The van der Waals surface area contributed by atoms with Crippen molar-refractivity contribution in [3.05, 3.63) is 24.3 Å². The number of amides is 1. The monoisotopic (exact) mass is 260 g/mol. The molecule has 1 aromatic carbocycles. The third-order valence-electron chi connectivity index (χ3n) is 2.72. The minimum Gasteiger partial charge on any atom is -0.491 e. The van der Waals surface area contributed by atoms with E-state index in [1.54, 1.807) is 24.3 Å². The van der Waals surface area contributed by atoms with Crippen molar-refractivity contribution in [1.29, 1.82) is 5.26 Å². The van der Waals surface area contributed by atoms with E-state index >= 15 is 0 Å². The maximum absolute atomic E-state index is 11.8. The molecule has 0 aliphatic carbocycles. The van der Waals surface area contributed by atoms with E-state index in [0.29, 0.717) is 5.69 Å². The quantitative estimate of drug-likeness (QED) is 0.830. The molecule has 1 saturated heterocycles. The zero-order valence-electron chi connectivity index (χ0n) is 11.0. The number of morpholine rings is 1. The molecule has 2 rings (SSSR count). The zero-order chi connectivity index (χ0) is 13.8. The predicted molar refractivity (Wildman–Crippen MR) is 69.9 cm³/mol. The van der Waals surface area contributed by atoms with E-state index in [0.717, 1.165) is 5.75 Å². The van der Waals surface area contributed by atoms with Gasteiger partial charge in [-0.2, -0.15) is 5.26 Å². The maximum Gasteiger partial charge on any atom is 0.254 e. The average molecular weight is 260 g/mol. The van der Waals surface area contributed by atoms with Crippen LogP contribution in [0, 0.1) is 11.3 Å². The highest BCUT2D eigenvalue weighted by Gasteiger charge is 2.29. The Morgan fingerprint density at radius 2 is 2.11 bits per heavy atom. The van der Waals surface area contributed by atoms with Gasteiger partial charge in [-0.25, -0.2) is 0 Å². The number of benzene rings is 1. The Balaban J connectivity index is 2.20. The Kier molecular flexibility index (Phi) is 4.03. The molecular formula is C14H16N2O3. The molecule has 0 aromatic heterocycles. The molecule has 0 spiro atoms. The SMILES string of the molecule is CC(C)Oc1ccc(N2C(=O)COCC2C#N)cc1. The highest BCUT2D eigenvalue weighted by molar-refractivity contribution is 5.96. The summed E-state index contributed by atoms with van der Waals surface area (Å²) in [6.45, 7) is 4.16. The molecule has 5 heteroatoms. The van der Waals surface area contributed by atoms with Crippen LogP contribution in [0.3, 0.4) is 0 Å². The molecule has 1 aliphatic heterocycles. The predicted octanol–water partition coefficient (Wildman–Crippen LogP) is 1.73. The molecule has 0 radical (unpaired) electrons. The highest BCUT2D eigenvalue weighted by atomic mass is 16.5. The largest absolute Gasteiger partial charge is 0.491 e. The molecule has 19 heavy (non-hydrogen) atoms. The van der Waals surface area contributed by atoms with Gasteiger partial charge in [0.05, 0.1) is 18.8 Å². The average Bonchev–Trinajstić information content (AvgIpc) is 2.39. The van der Waals surface area contributed by atoms with Gasteiger partial charge in [0.15, 0.2) is 0 Å².